The Hall–Kier alpha value is -1.40. The Morgan fingerprint density at radius 2 is 2.16 bits per heavy atom. The summed E-state index contributed by atoms with van der Waals surface area (Å²) in [4.78, 5) is 23.2. The van der Waals surface area contributed by atoms with Crippen LogP contribution in [-0.2, 0) is 4.79 Å². The molecule has 0 aliphatic heterocycles. The van der Waals surface area contributed by atoms with Crippen molar-refractivity contribution in [2.75, 3.05) is 13.2 Å². The van der Waals surface area contributed by atoms with Gasteiger partial charge in [-0.3, -0.25) is 9.59 Å². The van der Waals surface area contributed by atoms with Crippen LogP contribution in [0.5, 0.6) is 0 Å². The summed E-state index contributed by atoms with van der Waals surface area (Å²) in [7, 11) is 0. The predicted octanol–water partition coefficient (Wildman–Crippen LogP) is 1.00. The first-order valence-electron chi connectivity index (χ1n) is 6.25. The lowest BCUT2D eigenvalue weighted by molar-refractivity contribution is -0.121. The molecule has 1 rings (SSSR count). The summed E-state index contributed by atoms with van der Waals surface area (Å²) >= 11 is 1.46. The molecule has 0 spiro atoms. The fraction of sp³-hybridized carbons (Fsp3) is 0.538. The van der Waals surface area contributed by atoms with Crippen molar-refractivity contribution in [3.63, 3.8) is 0 Å². The topological polar surface area (TPSA) is 78.4 Å². The molecule has 0 aromatic carbocycles. The molecule has 0 fully saturated rings. The van der Waals surface area contributed by atoms with E-state index >= 15 is 0 Å². The van der Waals surface area contributed by atoms with Crippen molar-refractivity contribution >= 4 is 23.2 Å². The van der Waals surface area contributed by atoms with Crippen LogP contribution in [0.4, 0.5) is 0 Å². The average Bonchev–Trinajstić information content (AvgIpc) is 2.91. The van der Waals surface area contributed by atoms with Gasteiger partial charge < -0.3 is 15.7 Å². The molecule has 0 aliphatic rings. The molecule has 19 heavy (non-hydrogen) atoms. The SMILES string of the molecule is CC(CO)C(C)NC(=O)CCNC(=O)c1ccsc1. The number of thiophene rings is 1. The van der Waals surface area contributed by atoms with Gasteiger partial charge in [0.25, 0.3) is 5.91 Å². The fourth-order valence-electron chi connectivity index (χ4n) is 1.41. The van der Waals surface area contributed by atoms with Crippen molar-refractivity contribution < 1.29 is 14.7 Å². The first-order chi connectivity index (χ1) is 9.04. The molecular formula is C13H20N2O3S. The number of hydrogen-bond donors (Lipinski definition) is 3. The summed E-state index contributed by atoms with van der Waals surface area (Å²) in [6.07, 6.45) is 0.234. The minimum atomic E-state index is -0.161. The minimum Gasteiger partial charge on any atom is -0.396 e. The zero-order chi connectivity index (χ0) is 14.3. The lowest BCUT2D eigenvalue weighted by Crippen LogP contribution is -2.39. The zero-order valence-corrected chi connectivity index (χ0v) is 12.0. The Balaban J connectivity index is 2.22. The van der Waals surface area contributed by atoms with Gasteiger partial charge in [-0.05, 0) is 24.3 Å². The van der Waals surface area contributed by atoms with Crippen molar-refractivity contribution in [1.82, 2.24) is 10.6 Å². The molecule has 3 N–H and O–H groups in total. The molecule has 6 heteroatoms. The molecule has 2 atom stereocenters. The first kappa shape index (κ1) is 15.7. The van der Waals surface area contributed by atoms with E-state index in [2.05, 4.69) is 10.6 Å². The van der Waals surface area contributed by atoms with E-state index in [-0.39, 0.29) is 36.8 Å². The van der Waals surface area contributed by atoms with Crippen molar-refractivity contribution in [1.29, 1.82) is 0 Å². The largest absolute Gasteiger partial charge is 0.396 e. The normalized spacial score (nSPS) is 13.6. The Kier molecular flexibility index (Phi) is 6.52. The molecule has 106 valence electrons. The van der Waals surface area contributed by atoms with Gasteiger partial charge in [0.2, 0.25) is 5.91 Å². The van der Waals surface area contributed by atoms with E-state index in [9.17, 15) is 9.59 Å². The molecule has 0 saturated heterocycles. The quantitative estimate of drug-likeness (QED) is 0.699. The Morgan fingerprint density at radius 3 is 2.74 bits per heavy atom. The van der Waals surface area contributed by atoms with Gasteiger partial charge in [0, 0.05) is 36.6 Å². The minimum absolute atomic E-state index is 0.0179. The Labute approximate surface area is 117 Å². The third kappa shape index (κ3) is 5.40. The maximum absolute atomic E-state index is 11.6. The summed E-state index contributed by atoms with van der Waals surface area (Å²) in [5.74, 6) is -0.270. The fourth-order valence-corrected chi connectivity index (χ4v) is 2.05. The van der Waals surface area contributed by atoms with E-state index in [1.54, 1.807) is 11.4 Å². The number of amides is 2. The summed E-state index contributed by atoms with van der Waals surface area (Å²) < 4.78 is 0. The summed E-state index contributed by atoms with van der Waals surface area (Å²) in [5, 5.41) is 18.0. The van der Waals surface area contributed by atoms with Crippen LogP contribution in [0.2, 0.25) is 0 Å². The average molecular weight is 284 g/mol. The second-order valence-corrected chi connectivity index (χ2v) is 5.31. The van der Waals surface area contributed by atoms with Crippen LogP contribution in [0.3, 0.4) is 0 Å². The first-order valence-corrected chi connectivity index (χ1v) is 7.19. The van der Waals surface area contributed by atoms with Gasteiger partial charge >= 0.3 is 0 Å². The van der Waals surface area contributed by atoms with Gasteiger partial charge in [0.05, 0.1) is 0 Å². The van der Waals surface area contributed by atoms with Gasteiger partial charge in [-0.1, -0.05) is 6.92 Å². The molecule has 2 unspecified atom stereocenters. The number of hydrogen-bond acceptors (Lipinski definition) is 4. The van der Waals surface area contributed by atoms with E-state index in [4.69, 9.17) is 5.11 Å². The second kappa shape index (κ2) is 7.91. The van der Waals surface area contributed by atoms with Crippen LogP contribution >= 0.6 is 11.3 Å². The molecule has 5 nitrogen and oxygen atoms in total. The van der Waals surface area contributed by atoms with E-state index in [0.29, 0.717) is 12.1 Å². The van der Waals surface area contributed by atoms with Crippen molar-refractivity contribution in [3.8, 4) is 0 Å². The highest BCUT2D eigenvalue weighted by Gasteiger charge is 2.14. The molecule has 0 aliphatic carbocycles. The number of carbonyl (C=O) groups is 2. The molecule has 0 saturated carbocycles. The van der Waals surface area contributed by atoms with Gasteiger partial charge in [0.15, 0.2) is 0 Å². The standard InChI is InChI=1S/C13H20N2O3S/c1-9(7-16)10(2)15-12(17)3-5-14-13(18)11-4-6-19-8-11/h4,6,8-10,16H,3,5,7H2,1-2H3,(H,14,18)(H,15,17). The van der Waals surface area contributed by atoms with Crippen LogP contribution in [0.15, 0.2) is 16.8 Å². The number of aliphatic hydroxyl groups is 1. The molecule has 2 amide bonds. The monoisotopic (exact) mass is 284 g/mol. The highest BCUT2D eigenvalue weighted by Crippen LogP contribution is 2.05. The smallest absolute Gasteiger partial charge is 0.252 e. The van der Waals surface area contributed by atoms with Gasteiger partial charge in [-0.2, -0.15) is 11.3 Å². The summed E-state index contributed by atoms with van der Waals surface area (Å²) in [6, 6.07) is 1.66. The highest BCUT2D eigenvalue weighted by atomic mass is 32.1. The van der Waals surface area contributed by atoms with Crippen LogP contribution in [0.25, 0.3) is 0 Å². The van der Waals surface area contributed by atoms with E-state index in [1.165, 1.54) is 11.3 Å². The van der Waals surface area contributed by atoms with Gasteiger partial charge in [0.1, 0.15) is 0 Å². The van der Waals surface area contributed by atoms with E-state index in [1.807, 2.05) is 19.2 Å². The Bertz CT molecular complexity index is 406. The zero-order valence-electron chi connectivity index (χ0n) is 11.2. The van der Waals surface area contributed by atoms with Gasteiger partial charge in [-0.25, -0.2) is 0 Å². The molecule has 0 radical (unpaired) electrons. The van der Waals surface area contributed by atoms with Crippen molar-refractivity contribution in [2.24, 2.45) is 5.92 Å². The predicted molar refractivity (Wildman–Crippen MR) is 75.1 cm³/mol. The Morgan fingerprint density at radius 1 is 1.42 bits per heavy atom. The van der Waals surface area contributed by atoms with E-state index in [0.717, 1.165) is 0 Å². The van der Waals surface area contributed by atoms with Gasteiger partial charge in [-0.15, -0.1) is 0 Å². The van der Waals surface area contributed by atoms with Crippen molar-refractivity contribution in [3.05, 3.63) is 22.4 Å². The van der Waals surface area contributed by atoms with E-state index < -0.39 is 0 Å². The summed E-state index contributed by atoms with van der Waals surface area (Å²) in [5.41, 5.74) is 0.618. The number of aliphatic hydroxyl groups excluding tert-OH is 1. The molecule has 1 aromatic heterocycles. The summed E-state index contributed by atoms with van der Waals surface area (Å²) in [6.45, 7) is 4.06. The lowest BCUT2D eigenvalue weighted by atomic mass is 10.1. The maximum Gasteiger partial charge on any atom is 0.252 e. The molecule has 1 aromatic rings. The van der Waals surface area contributed by atoms with Crippen LogP contribution in [0.1, 0.15) is 30.6 Å². The molecule has 0 bridgehead atoms. The van der Waals surface area contributed by atoms with Crippen LogP contribution < -0.4 is 10.6 Å². The third-order valence-electron chi connectivity index (χ3n) is 2.95. The maximum atomic E-state index is 11.6. The molecule has 1 heterocycles. The highest BCUT2D eigenvalue weighted by molar-refractivity contribution is 7.08. The number of rotatable bonds is 7. The third-order valence-corrected chi connectivity index (χ3v) is 3.63. The number of nitrogens with one attached hydrogen (secondary N) is 2. The number of carbonyl (C=O) groups excluding carboxylic acids is 2. The van der Waals surface area contributed by atoms with Crippen LogP contribution in [-0.4, -0.2) is 36.1 Å². The second-order valence-electron chi connectivity index (χ2n) is 4.53. The van der Waals surface area contributed by atoms with Crippen LogP contribution in [0, 0.1) is 5.92 Å². The molecular weight excluding hydrogens is 264 g/mol. The van der Waals surface area contributed by atoms with Crippen molar-refractivity contribution in [2.45, 2.75) is 26.3 Å². The lowest BCUT2D eigenvalue weighted by Gasteiger charge is -2.19.